The fourth-order valence-corrected chi connectivity index (χ4v) is 2.90. The molecule has 1 heterocycles. The average molecular weight is 305 g/mol. The van der Waals surface area contributed by atoms with E-state index in [0.29, 0.717) is 16.2 Å². The molecule has 0 radical (unpaired) electrons. The molecular formula is C14H12FN3O2S. The highest BCUT2D eigenvalue weighted by molar-refractivity contribution is 8.03. The second-order valence-corrected chi connectivity index (χ2v) is 5.46. The van der Waals surface area contributed by atoms with Gasteiger partial charge in [0.1, 0.15) is 5.82 Å². The molecule has 0 aromatic heterocycles. The van der Waals surface area contributed by atoms with Gasteiger partial charge in [-0.1, -0.05) is 23.9 Å². The van der Waals surface area contributed by atoms with Crippen LogP contribution >= 0.6 is 11.8 Å². The summed E-state index contributed by atoms with van der Waals surface area (Å²) in [5.74, 6) is -1.82. The van der Waals surface area contributed by atoms with Crippen LogP contribution in [0.1, 0.15) is 17.9 Å². The minimum atomic E-state index is -0.549. The van der Waals surface area contributed by atoms with Crippen molar-refractivity contribution in [3.8, 4) is 6.07 Å². The Morgan fingerprint density at radius 2 is 2.33 bits per heavy atom. The molecule has 0 saturated carbocycles. The Morgan fingerprint density at radius 3 is 2.95 bits per heavy atom. The number of carbonyl (C=O) groups excluding carboxylic acids is 2. The molecule has 2 rings (SSSR count). The van der Waals surface area contributed by atoms with Crippen molar-refractivity contribution in [1.82, 2.24) is 5.32 Å². The Hall–Kier alpha value is -2.33. The molecule has 1 atom stereocenters. The number of nitrogens with two attached hydrogens (primary N) is 1. The van der Waals surface area contributed by atoms with E-state index in [4.69, 9.17) is 5.73 Å². The quantitative estimate of drug-likeness (QED) is 0.878. The summed E-state index contributed by atoms with van der Waals surface area (Å²) in [6, 6.07) is 7.83. The molecule has 3 N–H and O–H groups in total. The fraction of sp³-hybridized carbons (Fsp3) is 0.214. The third-order valence-corrected chi connectivity index (χ3v) is 4.01. The van der Waals surface area contributed by atoms with Gasteiger partial charge >= 0.3 is 0 Å². The maximum Gasteiger partial charge on any atom is 0.227 e. The first kappa shape index (κ1) is 15.1. The Bertz CT molecular complexity index is 666. The Balaban J connectivity index is 2.39. The first-order valence-electron chi connectivity index (χ1n) is 6.12. The number of benzene rings is 1. The first-order valence-corrected chi connectivity index (χ1v) is 7.10. The number of halogens is 1. The van der Waals surface area contributed by atoms with Gasteiger partial charge in [-0.2, -0.15) is 5.26 Å². The zero-order chi connectivity index (χ0) is 15.4. The fourth-order valence-electron chi connectivity index (χ4n) is 2.08. The van der Waals surface area contributed by atoms with Gasteiger partial charge in [0.15, 0.2) is 0 Å². The molecule has 1 aliphatic heterocycles. The summed E-state index contributed by atoms with van der Waals surface area (Å²) >= 11 is 1.00. The van der Waals surface area contributed by atoms with Crippen molar-refractivity contribution in [3.63, 3.8) is 0 Å². The van der Waals surface area contributed by atoms with Crippen LogP contribution in [-0.2, 0) is 9.59 Å². The van der Waals surface area contributed by atoms with Crippen molar-refractivity contribution in [2.24, 2.45) is 5.73 Å². The van der Waals surface area contributed by atoms with Crippen LogP contribution in [0.2, 0.25) is 0 Å². The number of nitrogens with zero attached hydrogens (tertiary/aromatic N) is 1. The molecule has 0 saturated heterocycles. The number of carbonyl (C=O) groups is 2. The monoisotopic (exact) mass is 305 g/mol. The van der Waals surface area contributed by atoms with Crippen molar-refractivity contribution in [1.29, 1.82) is 5.26 Å². The van der Waals surface area contributed by atoms with Gasteiger partial charge in [-0.3, -0.25) is 9.59 Å². The Morgan fingerprint density at radius 1 is 1.57 bits per heavy atom. The topological polar surface area (TPSA) is 96.0 Å². The molecule has 0 spiro atoms. The zero-order valence-corrected chi connectivity index (χ0v) is 11.7. The van der Waals surface area contributed by atoms with E-state index in [9.17, 15) is 19.2 Å². The summed E-state index contributed by atoms with van der Waals surface area (Å²) < 4.78 is 13.3. The summed E-state index contributed by atoms with van der Waals surface area (Å²) in [6.07, 6.45) is 0.0625. The van der Waals surface area contributed by atoms with Gasteiger partial charge in [-0.15, -0.1) is 0 Å². The summed E-state index contributed by atoms with van der Waals surface area (Å²) in [7, 11) is 0. The summed E-state index contributed by atoms with van der Waals surface area (Å²) in [5, 5.41) is 12.2. The third kappa shape index (κ3) is 3.61. The number of allylic oxidation sites excluding steroid dienone is 1. The average Bonchev–Trinajstić information content (AvgIpc) is 2.44. The SMILES string of the molecule is N#CC1=C(SCC(N)=O)NC(=O)C[C@H]1c1cccc(F)c1. The molecule has 108 valence electrons. The van der Waals surface area contributed by atoms with Crippen LogP contribution in [0.25, 0.3) is 0 Å². The van der Waals surface area contributed by atoms with E-state index in [1.165, 1.54) is 18.2 Å². The van der Waals surface area contributed by atoms with Gasteiger partial charge in [-0.25, -0.2) is 4.39 Å². The molecule has 7 heteroatoms. The molecule has 2 amide bonds. The predicted octanol–water partition coefficient (Wildman–Crippen LogP) is 1.38. The number of thioether (sulfide) groups is 1. The van der Waals surface area contributed by atoms with Crippen LogP contribution < -0.4 is 11.1 Å². The van der Waals surface area contributed by atoms with E-state index < -0.39 is 17.6 Å². The van der Waals surface area contributed by atoms with Crippen LogP contribution in [0.15, 0.2) is 34.9 Å². The molecular weight excluding hydrogens is 293 g/mol. The molecule has 1 aromatic rings. The van der Waals surface area contributed by atoms with Crippen LogP contribution in [0.4, 0.5) is 4.39 Å². The molecule has 0 unspecified atom stereocenters. The lowest BCUT2D eigenvalue weighted by Crippen LogP contribution is -2.31. The van der Waals surface area contributed by atoms with Crippen LogP contribution in [-0.4, -0.2) is 17.6 Å². The largest absolute Gasteiger partial charge is 0.369 e. The van der Waals surface area contributed by atoms with E-state index in [1.54, 1.807) is 6.07 Å². The van der Waals surface area contributed by atoms with Gasteiger partial charge in [0, 0.05) is 12.3 Å². The third-order valence-electron chi connectivity index (χ3n) is 2.97. The minimum absolute atomic E-state index is 0.0450. The Labute approximate surface area is 125 Å². The van der Waals surface area contributed by atoms with Crippen molar-refractivity contribution in [2.75, 3.05) is 5.75 Å². The number of primary amides is 1. The minimum Gasteiger partial charge on any atom is -0.369 e. The highest BCUT2D eigenvalue weighted by Gasteiger charge is 2.29. The van der Waals surface area contributed by atoms with Crippen LogP contribution in [0.5, 0.6) is 0 Å². The number of hydrogen-bond acceptors (Lipinski definition) is 4. The van der Waals surface area contributed by atoms with Gasteiger partial charge < -0.3 is 11.1 Å². The van der Waals surface area contributed by atoms with E-state index in [2.05, 4.69) is 5.32 Å². The van der Waals surface area contributed by atoms with E-state index in [0.717, 1.165) is 11.8 Å². The van der Waals surface area contributed by atoms with Gasteiger partial charge in [-0.05, 0) is 17.7 Å². The highest BCUT2D eigenvalue weighted by atomic mass is 32.2. The molecule has 21 heavy (non-hydrogen) atoms. The molecule has 0 bridgehead atoms. The van der Waals surface area contributed by atoms with Gasteiger partial charge in [0.25, 0.3) is 0 Å². The molecule has 0 aliphatic carbocycles. The molecule has 1 aromatic carbocycles. The second kappa shape index (κ2) is 6.41. The van der Waals surface area contributed by atoms with Crippen molar-refractivity contribution in [2.45, 2.75) is 12.3 Å². The lowest BCUT2D eigenvalue weighted by molar-refractivity contribution is -0.121. The van der Waals surface area contributed by atoms with Crippen molar-refractivity contribution >= 4 is 23.6 Å². The van der Waals surface area contributed by atoms with E-state index in [-0.39, 0.29) is 18.1 Å². The lowest BCUT2D eigenvalue weighted by atomic mass is 9.87. The van der Waals surface area contributed by atoms with Crippen LogP contribution in [0.3, 0.4) is 0 Å². The zero-order valence-electron chi connectivity index (χ0n) is 10.9. The number of nitrogens with one attached hydrogen (secondary N) is 1. The number of nitriles is 1. The first-order chi connectivity index (χ1) is 10.0. The van der Waals surface area contributed by atoms with Crippen molar-refractivity contribution < 1.29 is 14.0 Å². The predicted molar refractivity (Wildman–Crippen MR) is 76.2 cm³/mol. The number of amides is 2. The summed E-state index contributed by atoms with van der Waals surface area (Å²) in [6.45, 7) is 0. The number of rotatable bonds is 4. The van der Waals surface area contributed by atoms with E-state index >= 15 is 0 Å². The molecule has 0 fully saturated rings. The number of hydrogen-bond donors (Lipinski definition) is 2. The second-order valence-electron chi connectivity index (χ2n) is 4.47. The van der Waals surface area contributed by atoms with E-state index in [1.807, 2.05) is 6.07 Å². The van der Waals surface area contributed by atoms with Crippen LogP contribution in [0, 0.1) is 17.1 Å². The van der Waals surface area contributed by atoms with Gasteiger partial charge in [0.2, 0.25) is 11.8 Å². The maximum absolute atomic E-state index is 13.3. The smallest absolute Gasteiger partial charge is 0.227 e. The summed E-state index contributed by atoms with van der Waals surface area (Å²) in [4.78, 5) is 22.6. The highest BCUT2D eigenvalue weighted by Crippen LogP contribution is 2.35. The van der Waals surface area contributed by atoms with Crippen molar-refractivity contribution in [3.05, 3.63) is 46.2 Å². The lowest BCUT2D eigenvalue weighted by Gasteiger charge is -2.24. The normalized spacial score (nSPS) is 18.1. The standard InChI is InChI=1S/C14H12FN3O2S/c15-9-3-1-2-8(4-9)10-5-13(20)18-14(11(10)6-16)21-7-12(17)19/h1-4,10H,5,7H2,(H2,17,19)(H,18,20)/t10-/m0/s1. The maximum atomic E-state index is 13.3. The molecule has 1 aliphatic rings. The van der Waals surface area contributed by atoms with Gasteiger partial charge in [0.05, 0.1) is 22.4 Å². The summed E-state index contributed by atoms with van der Waals surface area (Å²) in [5.41, 5.74) is 5.94. The molecule has 5 nitrogen and oxygen atoms in total. The Kier molecular flexibility index (Phi) is 4.60.